The fourth-order valence-corrected chi connectivity index (χ4v) is 1.76. The Hall–Kier alpha value is -1.75. The number of rotatable bonds is 8. The van der Waals surface area contributed by atoms with E-state index in [2.05, 4.69) is 19.2 Å². The molecule has 0 aliphatic heterocycles. The van der Waals surface area contributed by atoms with E-state index in [4.69, 9.17) is 15.2 Å². The van der Waals surface area contributed by atoms with Crippen LogP contribution in [0.3, 0.4) is 0 Å². The Bertz CT molecular complexity index is 421. The molecular weight excluding hydrogens is 244 g/mol. The summed E-state index contributed by atoms with van der Waals surface area (Å²) in [6, 6.07) is 6.02. The highest BCUT2D eigenvalue weighted by molar-refractivity contribution is 5.73. The van der Waals surface area contributed by atoms with Gasteiger partial charge in [0.2, 0.25) is 5.91 Å². The number of nitrogens with two attached hydrogens (primary N) is 1. The van der Waals surface area contributed by atoms with Gasteiger partial charge in [0.05, 0.1) is 20.1 Å². The van der Waals surface area contributed by atoms with Crippen molar-refractivity contribution in [2.24, 2.45) is 5.73 Å². The molecule has 0 heterocycles. The first-order valence-corrected chi connectivity index (χ1v) is 6.40. The van der Waals surface area contributed by atoms with Crippen LogP contribution < -0.4 is 20.5 Å². The lowest BCUT2D eigenvalue weighted by Crippen LogP contribution is -2.18. The molecule has 0 saturated heterocycles. The van der Waals surface area contributed by atoms with Crippen LogP contribution >= 0.6 is 0 Å². The number of amides is 1. The molecule has 1 aromatic rings. The van der Waals surface area contributed by atoms with Gasteiger partial charge in [0, 0.05) is 6.04 Å². The Kier molecular flexibility index (Phi) is 6.15. The van der Waals surface area contributed by atoms with Crippen molar-refractivity contribution >= 4 is 5.91 Å². The van der Waals surface area contributed by atoms with Crippen LogP contribution in [0.4, 0.5) is 0 Å². The molecular formula is C14H22N2O3. The fraction of sp³-hybridized carbons (Fsp3) is 0.500. The highest BCUT2D eigenvalue weighted by atomic mass is 16.5. The number of hydrogen-bond acceptors (Lipinski definition) is 4. The minimum atomic E-state index is -0.378. The molecule has 3 N–H and O–H groups in total. The van der Waals surface area contributed by atoms with E-state index in [1.807, 2.05) is 18.2 Å². The zero-order valence-electron chi connectivity index (χ0n) is 11.7. The van der Waals surface area contributed by atoms with Crippen LogP contribution in [0, 0.1) is 0 Å². The van der Waals surface area contributed by atoms with Gasteiger partial charge in [0.25, 0.3) is 0 Å². The third-order valence-electron chi connectivity index (χ3n) is 2.80. The first-order valence-electron chi connectivity index (χ1n) is 6.40. The maximum atomic E-state index is 10.7. The monoisotopic (exact) mass is 266 g/mol. The van der Waals surface area contributed by atoms with Gasteiger partial charge in [-0.15, -0.1) is 0 Å². The zero-order chi connectivity index (χ0) is 14.3. The van der Waals surface area contributed by atoms with Gasteiger partial charge >= 0.3 is 0 Å². The quantitative estimate of drug-likeness (QED) is 0.750. The third kappa shape index (κ3) is 4.79. The Balaban J connectivity index is 2.75. The molecule has 19 heavy (non-hydrogen) atoms. The highest BCUT2D eigenvalue weighted by Crippen LogP contribution is 2.30. The summed E-state index contributed by atoms with van der Waals surface area (Å²) in [4.78, 5) is 10.7. The number of nitrogens with one attached hydrogen (secondary N) is 1. The van der Waals surface area contributed by atoms with Crippen molar-refractivity contribution in [1.29, 1.82) is 0 Å². The van der Waals surface area contributed by atoms with Crippen LogP contribution in [0.5, 0.6) is 11.5 Å². The third-order valence-corrected chi connectivity index (χ3v) is 2.80. The van der Waals surface area contributed by atoms with E-state index < -0.39 is 0 Å². The van der Waals surface area contributed by atoms with Gasteiger partial charge in [0.15, 0.2) is 11.5 Å². The van der Waals surface area contributed by atoms with Gasteiger partial charge in [-0.25, -0.2) is 0 Å². The van der Waals surface area contributed by atoms with Crippen molar-refractivity contribution < 1.29 is 14.3 Å². The van der Waals surface area contributed by atoms with Crippen LogP contribution in [0.2, 0.25) is 0 Å². The normalized spacial score (nSPS) is 11.9. The lowest BCUT2D eigenvalue weighted by molar-refractivity contribution is -0.118. The van der Waals surface area contributed by atoms with E-state index >= 15 is 0 Å². The van der Waals surface area contributed by atoms with E-state index in [9.17, 15) is 4.79 Å². The van der Waals surface area contributed by atoms with Crippen LogP contribution in [-0.4, -0.2) is 26.2 Å². The first-order chi connectivity index (χ1) is 9.08. The summed E-state index contributed by atoms with van der Waals surface area (Å²) >= 11 is 0. The fourth-order valence-electron chi connectivity index (χ4n) is 1.76. The summed E-state index contributed by atoms with van der Waals surface area (Å²) in [5, 5.41) is 3.33. The second kappa shape index (κ2) is 7.63. The van der Waals surface area contributed by atoms with E-state index in [0.717, 1.165) is 12.1 Å². The molecule has 0 aliphatic rings. The summed E-state index contributed by atoms with van der Waals surface area (Å²) in [6.45, 7) is 5.31. The average Bonchev–Trinajstić information content (AvgIpc) is 2.38. The summed E-state index contributed by atoms with van der Waals surface area (Å²) in [6.07, 6.45) is 0.193. The SMILES string of the molecule is CCNC(C)c1ccc(OCCC(N)=O)c(OC)c1. The first kappa shape index (κ1) is 15.3. The van der Waals surface area contributed by atoms with Crippen molar-refractivity contribution in [1.82, 2.24) is 5.32 Å². The summed E-state index contributed by atoms with van der Waals surface area (Å²) in [5.41, 5.74) is 6.19. The van der Waals surface area contributed by atoms with Crippen molar-refractivity contribution in [2.75, 3.05) is 20.3 Å². The minimum Gasteiger partial charge on any atom is -0.493 e. The summed E-state index contributed by atoms with van der Waals surface area (Å²) in [5.74, 6) is 0.902. The number of ether oxygens (including phenoxy) is 2. The molecule has 1 rings (SSSR count). The molecule has 0 aliphatic carbocycles. The Morgan fingerprint density at radius 2 is 2.16 bits per heavy atom. The van der Waals surface area contributed by atoms with Crippen LogP contribution in [0.15, 0.2) is 18.2 Å². The van der Waals surface area contributed by atoms with Gasteiger partial charge in [-0.3, -0.25) is 4.79 Å². The van der Waals surface area contributed by atoms with E-state index in [-0.39, 0.29) is 25.0 Å². The van der Waals surface area contributed by atoms with Crippen LogP contribution in [0.25, 0.3) is 0 Å². The van der Waals surface area contributed by atoms with Crippen molar-refractivity contribution in [3.8, 4) is 11.5 Å². The topological polar surface area (TPSA) is 73.6 Å². The Morgan fingerprint density at radius 3 is 2.74 bits per heavy atom. The predicted octanol–water partition coefficient (Wildman–Crippen LogP) is 1.62. The molecule has 5 nitrogen and oxygen atoms in total. The zero-order valence-corrected chi connectivity index (χ0v) is 11.7. The van der Waals surface area contributed by atoms with Crippen LogP contribution in [-0.2, 0) is 4.79 Å². The van der Waals surface area contributed by atoms with E-state index in [1.165, 1.54) is 0 Å². The lowest BCUT2D eigenvalue weighted by atomic mass is 10.1. The number of carbonyl (C=O) groups excluding carboxylic acids is 1. The second-order valence-electron chi connectivity index (χ2n) is 4.25. The maximum absolute atomic E-state index is 10.7. The lowest BCUT2D eigenvalue weighted by Gasteiger charge is -2.16. The number of hydrogen-bond donors (Lipinski definition) is 2. The van der Waals surface area contributed by atoms with Crippen molar-refractivity contribution in [3.63, 3.8) is 0 Å². The second-order valence-corrected chi connectivity index (χ2v) is 4.25. The maximum Gasteiger partial charge on any atom is 0.220 e. The molecule has 0 fully saturated rings. The number of methoxy groups -OCH3 is 1. The summed E-state index contributed by atoms with van der Waals surface area (Å²) in [7, 11) is 1.60. The Labute approximate surface area is 114 Å². The molecule has 0 spiro atoms. The molecule has 1 aromatic carbocycles. The molecule has 1 amide bonds. The van der Waals surface area contributed by atoms with Gasteiger partial charge in [-0.2, -0.15) is 0 Å². The van der Waals surface area contributed by atoms with E-state index in [0.29, 0.717) is 11.5 Å². The van der Waals surface area contributed by atoms with Gasteiger partial charge in [-0.1, -0.05) is 13.0 Å². The van der Waals surface area contributed by atoms with Gasteiger partial charge in [-0.05, 0) is 31.2 Å². The van der Waals surface area contributed by atoms with E-state index in [1.54, 1.807) is 7.11 Å². The molecule has 0 bridgehead atoms. The minimum absolute atomic E-state index is 0.193. The average molecular weight is 266 g/mol. The van der Waals surface area contributed by atoms with Gasteiger partial charge < -0.3 is 20.5 Å². The highest BCUT2D eigenvalue weighted by Gasteiger charge is 2.10. The Morgan fingerprint density at radius 1 is 1.42 bits per heavy atom. The van der Waals surface area contributed by atoms with Crippen LogP contribution in [0.1, 0.15) is 31.9 Å². The summed E-state index contributed by atoms with van der Waals surface area (Å²) < 4.78 is 10.8. The predicted molar refractivity (Wildman–Crippen MR) is 74.4 cm³/mol. The molecule has 5 heteroatoms. The molecule has 1 atom stereocenters. The van der Waals surface area contributed by atoms with Crippen molar-refractivity contribution in [2.45, 2.75) is 26.3 Å². The largest absolute Gasteiger partial charge is 0.493 e. The molecule has 0 radical (unpaired) electrons. The standard InChI is InChI=1S/C14H22N2O3/c1-4-16-10(2)11-5-6-12(13(9-11)18-3)19-8-7-14(15)17/h5-6,9-10,16H,4,7-8H2,1-3H3,(H2,15,17). The number of primary amides is 1. The molecule has 106 valence electrons. The molecule has 1 unspecified atom stereocenters. The van der Waals surface area contributed by atoms with Crippen molar-refractivity contribution in [3.05, 3.63) is 23.8 Å². The smallest absolute Gasteiger partial charge is 0.220 e. The molecule has 0 aromatic heterocycles. The number of carbonyl (C=O) groups is 1. The molecule has 0 saturated carbocycles. The number of benzene rings is 1. The van der Waals surface area contributed by atoms with Gasteiger partial charge in [0.1, 0.15) is 0 Å².